The van der Waals surface area contributed by atoms with E-state index < -0.39 is 0 Å². The Morgan fingerprint density at radius 2 is 1.68 bits per heavy atom. The number of hydrogen-bond donors (Lipinski definition) is 1. The van der Waals surface area contributed by atoms with Gasteiger partial charge in [0.25, 0.3) is 5.91 Å². The van der Waals surface area contributed by atoms with E-state index in [0.717, 1.165) is 28.1 Å². The molecule has 1 N–H and O–H groups in total. The van der Waals surface area contributed by atoms with Gasteiger partial charge in [-0.3, -0.25) is 9.36 Å². The summed E-state index contributed by atoms with van der Waals surface area (Å²) in [7, 11) is 1.63. The lowest BCUT2D eigenvalue weighted by atomic mass is 9.87. The van der Waals surface area contributed by atoms with Crippen molar-refractivity contribution in [3.63, 3.8) is 0 Å². The van der Waals surface area contributed by atoms with Crippen molar-refractivity contribution < 1.29 is 9.53 Å². The van der Waals surface area contributed by atoms with Gasteiger partial charge in [0.1, 0.15) is 5.75 Å². The molecule has 3 aromatic carbocycles. The maximum absolute atomic E-state index is 12.5. The SMILES string of the molecule is COc1ccc(-n2c(SCC(=O)NN=Cc3ccc(C(C)(C)C)cc3)nnc2-c2ccc(C)cc2)cc1. The number of aromatic nitrogens is 3. The molecule has 0 aliphatic rings. The fourth-order valence-corrected chi connectivity index (χ4v) is 4.37. The van der Waals surface area contributed by atoms with Crippen molar-refractivity contribution in [3.05, 3.63) is 89.5 Å². The van der Waals surface area contributed by atoms with E-state index in [-0.39, 0.29) is 17.1 Å². The van der Waals surface area contributed by atoms with Gasteiger partial charge in [-0.1, -0.05) is 86.6 Å². The molecule has 1 heterocycles. The molecule has 1 amide bonds. The molecule has 0 aliphatic carbocycles. The van der Waals surface area contributed by atoms with Crippen LogP contribution in [0.4, 0.5) is 0 Å². The number of hydrogen-bond acceptors (Lipinski definition) is 6. The van der Waals surface area contributed by atoms with Crippen LogP contribution in [0.1, 0.15) is 37.5 Å². The van der Waals surface area contributed by atoms with Gasteiger partial charge in [0.15, 0.2) is 11.0 Å². The second kappa shape index (κ2) is 11.4. The number of hydrazone groups is 1. The van der Waals surface area contributed by atoms with Crippen LogP contribution in [0.5, 0.6) is 5.75 Å². The van der Waals surface area contributed by atoms with E-state index in [4.69, 9.17) is 4.74 Å². The minimum atomic E-state index is -0.228. The van der Waals surface area contributed by atoms with E-state index in [1.807, 2.05) is 72.2 Å². The summed E-state index contributed by atoms with van der Waals surface area (Å²) in [5.74, 6) is 1.37. The Bertz CT molecular complexity index is 1370. The number of methoxy groups -OCH3 is 1. The Balaban J connectivity index is 1.47. The quantitative estimate of drug-likeness (QED) is 0.183. The Morgan fingerprint density at radius 3 is 2.30 bits per heavy atom. The summed E-state index contributed by atoms with van der Waals surface area (Å²) < 4.78 is 7.25. The lowest BCUT2D eigenvalue weighted by Crippen LogP contribution is -2.20. The Kier molecular flexibility index (Phi) is 8.08. The van der Waals surface area contributed by atoms with Crippen molar-refractivity contribution in [1.29, 1.82) is 0 Å². The standard InChI is InChI=1S/C29H31N5O2S/c1-20-6-10-22(11-7-20)27-32-33-28(34(27)24-14-16-25(36-5)17-15-24)37-19-26(35)31-30-18-21-8-12-23(13-9-21)29(2,3)4/h6-18H,19H2,1-5H3,(H,31,35). The summed E-state index contributed by atoms with van der Waals surface area (Å²) in [6.07, 6.45) is 1.64. The molecule has 0 radical (unpaired) electrons. The molecular weight excluding hydrogens is 482 g/mol. The summed E-state index contributed by atoms with van der Waals surface area (Å²) in [4.78, 5) is 12.5. The van der Waals surface area contributed by atoms with Crippen LogP contribution in [0.25, 0.3) is 17.1 Å². The highest BCUT2D eigenvalue weighted by Crippen LogP contribution is 2.29. The van der Waals surface area contributed by atoms with E-state index >= 15 is 0 Å². The lowest BCUT2D eigenvalue weighted by molar-refractivity contribution is -0.118. The number of carbonyl (C=O) groups is 1. The van der Waals surface area contributed by atoms with Gasteiger partial charge in [0.2, 0.25) is 0 Å². The predicted molar refractivity (Wildman–Crippen MR) is 150 cm³/mol. The first-order valence-electron chi connectivity index (χ1n) is 12.0. The van der Waals surface area contributed by atoms with E-state index in [1.165, 1.54) is 17.3 Å². The number of nitrogens with one attached hydrogen (secondary N) is 1. The van der Waals surface area contributed by atoms with Crippen LogP contribution in [0.2, 0.25) is 0 Å². The number of thioether (sulfide) groups is 1. The van der Waals surface area contributed by atoms with E-state index in [9.17, 15) is 4.79 Å². The smallest absolute Gasteiger partial charge is 0.250 e. The number of rotatable bonds is 8. The van der Waals surface area contributed by atoms with Crippen molar-refractivity contribution >= 4 is 23.9 Å². The highest BCUT2D eigenvalue weighted by molar-refractivity contribution is 7.99. The molecule has 37 heavy (non-hydrogen) atoms. The fraction of sp³-hybridized carbons (Fsp3) is 0.241. The molecule has 8 heteroatoms. The monoisotopic (exact) mass is 513 g/mol. The molecule has 190 valence electrons. The normalized spacial score (nSPS) is 11.6. The summed E-state index contributed by atoms with van der Waals surface area (Å²) >= 11 is 1.30. The molecule has 7 nitrogen and oxygen atoms in total. The number of carbonyl (C=O) groups excluding carboxylic acids is 1. The highest BCUT2D eigenvalue weighted by Gasteiger charge is 2.17. The zero-order chi connectivity index (χ0) is 26.4. The number of benzene rings is 3. The largest absolute Gasteiger partial charge is 0.497 e. The van der Waals surface area contributed by atoms with Crippen LogP contribution in [0, 0.1) is 6.92 Å². The minimum absolute atomic E-state index is 0.0901. The molecule has 0 saturated heterocycles. The maximum atomic E-state index is 12.5. The Hall–Kier alpha value is -3.91. The van der Waals surface area contributed by atoms with Crippen LogP contribution in [-0.4, -0.2) is 39.7 Å². The van der Waals surface area contributed by atoms with Gasteiger partial charge < -0.3 is 4.74 Å². The topological polar surface area (TPSA) is 81.4 Å². The number of amides is 1. The molecule has 0 spiro atoms. The number of nitrogens with zero attached hydrogens (tertiary/aromatic N) is 4. The van der Waals surface area contributed by atoms with Gasteiger partial charge in [-0.2, -0.15) is 5.10 Å². The zero-order valence-electron chi connectivity index (χ0n) is 21.7. The summed E-state index contributed by atoms with van der Waals surface area (Å²) in [5, 5.41) is 13.5. The van der Waals surface area contributed by atoms with Gasteiger partial charge in [-0.05, 0) is 47.7 Å². The molecule has 4 aromatic rings. The van der Waals surface area contributed by atoms with Crippen molar-refractivity contribution in [2.75, 3.05) is 12.9 Å². The van der Waals surface area contributed by atoms with Crippen LogP contribution in [0.15, 0.2) is 83.1 Å². The van der Waals surface area contributed by atoms with Gasteiger partial charge in [-0.25, -0.2) is 5.43 Å². The fourth-order valence-electron chi connectivity index (χ4n) is 3.63. The second-order valence-electron chi connectivity index (χ2n) is 9.66. The van der Waals surface area contributed by atoms with Gasteiger partial charge in [0.05, 0.1) is 19.1 Å². The zero-order valence-corrected chi connectivity index (χ0v) is 22.5. The Morgan fingerprint density at radius 1 is 1.00 bits per heavy atom. The first-order chi connectivity index (χ1) is 17.7. The van der Waals surface area contributed by atoms with Crippen LogP contribution >= 0.6 is 11.8 Å². The molecule has 0 saturated carbocycles. The first-order valence-corrected chi connectivity index (χ1v) is 13.0. The van der Waals surface area contributed by atoms with Crippen molar-refractivity contribution in [1.82, 2.24) is 20.2 Å². The maximum Gasteiger partial charge on any atom is 0.250 e. The second-order valence-corrected chi connectivity index (χ2v) is 10.6. The van der Waals surface area contributed by atoms with Crippen molar-refractivity contribution in [3.8, 4) is 22.8 Å². The third-order valence-corrected chi connectivity index (χ3v) is 6.71. The average molecular weight is 514 g/mol. The minimum Gasteiger partial charge on any atom is -0.497 e. The van der Waals surface area contributed by atoms with Crippen LogP contribution in [0.3, 0.4) is 0 Å². The average Bonchev–Trinajstić information content (AvgIpc) is 3.31. The summed E-state index contributed by atoms with van der Waals surface area (Å²) in [6.45, 7) is 8.56. The molecular formula is C29H31N5O2S. The molecule has 0 aliphatic heterocycles. The molecule has 0 atom stereocenters. The third kappa shape index (κ3) is 6.65. The van der Waals surface area contributed by atoms with E-state index in [1.54, 1.807) is 13.3 Å². The predicted octanol–water partition coefficient (Wildman–Crippen LogP) is 5.79. The van der Waals surface area contributed by atoms with Crippen molar-refractivity contribution in [2.45, 2.75) is 38.3 Å². The molecule has 4 rings (SSSR count). The molecule has 1 aromatic heterocycles. The van der Waals surface area contributed by atoms with E-state index in [0.29, 0.717) is 11.0 Å². The third-order valence-electron chi connectivity index (χ3n) is 5.79. The van der Waals surface area contributed by atoms with Crippen LogP contribution in [-0.2, 0) is 10.2 Å². The summed E-state index contributed by atoms with van der Waals surface area (Å²) in [6, 6.07) is 23.9. The van der Waals surface area contributed by atoms with Crippen LogP contribution < -0.4 is 10.2 Å². The van der Waals surface area contributed by atoms with Gasteiger partial charge >= 0.3 is 0 Å². The van der Waals surface area contributed by atoms with E-state index in [2.05, 4.69) is 53.6 Å². The molecule has 0 unspecified atom stereocenters. The highest BCUT2D eigenvalue weighted by atomic mass is 32.2. The van der Waals surface area contributed by atoms with Crippen molar-refractivity contribution in [2.24, 2.45) is 5.10 Å². The first kappa shape index (κ1) is 26.2. The lowest BCUT2D eigenvalue weighted by Gasteiger charge is -2.18. The molecule has 0 bridgehead atoms. The summed E-state index contributed by atoms with van der Waals surface area (Å²) in [5.41, 5.74) is 7.83. The van der Waals surface area contributed by atoms with Gasteiger partial charge in [-0.15, -0.1) is 10.2 Å². The number of ether oxygens (including phenoxy) is 1. The van der Waals surface area contributed by atoms with Gasteiger partial charge in [0, 0.05) is 11.3 Å². The Labute approximate surface area is 222 Å². The molecule has 0 fully saturated rings. The number of aryl methyl sites for hydroxylation is 1.